The van der Waals surface area contributed by atoms with Crippen molar-refractivity contribution >= 4 is 40.0 Å². The highest BCUT2D eigenvalue weighted by Crippen LogP contribution is 2.32. The van der Waals surface area contributed by atoms with Gasteiger partial charge in [-0.25, -0.2) is 4.98 Å². The number of hydrogen-bond acceptors (Lipinski definition) is 5. The number of nitro benzene ring substituents is 1. The van der Waals surface area contributed by atoms with Gasteiger partial charge in [0.05, 0.1) is 15.6 Å². The van der Waals surface area contributed by atoms with Crippen LogP contribution in [0.15, 0.2) is 59.0 Å². The van der Waals surface area contributed by atoms with Crippen molar-refractivity contribution in [2.45, 2.75) is 33.1 Å². The lowest BCUT2D eigenvalue weighted by Gasteiger charge is -2.09. The number of nitro groups is 1. The van der Waals surface area contributed by atoms with E-state index in [4.69, 9.17) is 16.0 Å². The van der Waals surface area contributed by atoms with Crippen molar-refractivity contribution < 1.29 is 14.1 Å². The quantitative estimate of drug-likeness (QED) is 0.242. The summed E-state index contributed by atoms with van der Waals surface area (Å²) in [6, 6.07) is 15.3. The van der Waals surface area contributed by atoms with Gasteiger partial charge in [0.25, 0.3) is 11.6 Å². The van der Waals surface area contributed by atoms with Crippen LogP contribution in [0.5, 0.6) is 0 Å². The highest BCUT2D eigenvalue weighted by atomic mass is 35.5. The molecule has 3 aromatic carbocycles. The van der Waals surface area contributed by atoms with Gasteiger partial charge in [-0.1, -0.05) is 31.5 Å². The molecule has 1 unspecified atom stereocenters. The third-order valence-corrected chi connectivity index (χ3v) is 6.04. The van der Waals surface area contributed by atoms with Crippen molar-refractivity contribution in [1.29, 1.82) is 0 Å². The maximum absolute atomic E-state index is 12.7. The lowest BCUT2D eigenvalue weighted by Crippen LogP contribution is -2.12. The summed E-state index contributed by atoms with van der Waals surface area (Å²) in [5.74, 6) is 0.419. The van der Waals surface area contributed by atoms with E-state index < -0.39 is 10.8 Å². The van der Waals surface area contributed by atoms with Crippen molar-refractivity contribution in [2.24, 2.45) is 0 Å². The van der Waals surface area contributed by atoms with E-state index in [2.05, 4.69) is 24.1 Å². The fourth-order valence-corrected chi connectivity index (χ4v) is 3.73. The first kappa shape index (κ1) is 22.5. The minimum Gasteiger partial charge on any atom is -0.436 e. The van der Waals surface area contributed by atoms with Gasteiger partial charge in [0, 0.05) is 22.8 Å². The Morgan fingerprint density at radius 2 is 1.97 bits per heavy atom. The smallest absolute Gasteiger partial charge is 0.272 e. The zero-order chi connectivity index (χ0) is 23.7. The van der Waals surface area contributed by atoms with E-state index in [0.717, 1.165) is 11.9 Å². The first-order valence-corrected chi connectivity index (χ1v) is 10.9. The van der Waals surface area contributed by atoms with Gasteiger partial charge in [-0.05, 0) is 67.3 Å². The van der Waals surface area contributed by atoms with Gasteiger partial charge >= 0.3 is 0 Å². The van der Waals surface area contributed by atoms with Crippen LogP contribution in [0.25, 0.3) is 22.6 Å². The number of carbonyl (C=O) groups excluding carboxylic acids is 1. The summed E-state index contributed by atoms with van der Waals surface area (Å²) in [7, 11) is 0. The molecule has 0 bridgehead atoms. The summed E-state index contributed by atoms with van der Waals surface area (Å²) in [5, 5.41) is 14.1. The van der Waals surface area contributed by atoms with Crippen LogP contribution in [0.2, 0.25) is 5.02 Å². The van der Waals surface area contributed by atoms with E-state index in [9.17, 15) is 14.9 Å². The topological polar surface area (TPSA) is 98.3 Å². The third-order valence-electron chi connectivity index (χ3n) is 5.71. The number of nitrogens with zero attached hydrogens (tertiary/aromatic N) is 2. The highest BCUT2D eigenvalue weighted by Gasteiger charge is 2.17. The van der Waals surface area contributed by atoms with Crippen molar-refractivity contribution in [3.05, 3.63) is 86.4 Å². The summed E-state index contributed by atoms with van der Waals surface area (Å²) in [5.41, 5.74) is 4.35. The molecule has 0 fully saturated rings. The van der Waals surface area contributed by atoms with Gasteiger partial charge in [0.2, 0.25) is 5.89 Å². The average molecular weight is 464 g/mol. The van der Waals surface area contributed by atoms with Crippen LogP contribution in [-0.2, 0) is 0 Å². The van der Waals surface area contributed by atoms with E-state index in [0.29, 0.717) is 44.8 Å². The summed E-state index contributed by atoms with van der Waals surface area (Å²) in [4.78, 5) is 27.9. The molecule has 4 rings (SSSR count). The Morgan fingerprint density at radius 1 is 1.18 bits per heavy atom. The number of aromatic nitrogens is 1. The van der Waals surface area contributed by atoms with Gasteiger partial charge in [0.1, 0.15) is 5.52 Å². The van der Waals surface area contributed by atoms with Crippen LogP contribution in [0.1, 0.15) is 47.7 Å². The molecule has 4 aromatic rings. The predicted octanol–water partition coefficient (Wildman–Crippen LogP) is 7.13. The number of anilines is 1. The minimum absolute atomic E-state index is 0.0426. The van der Waals surface area contributed by atoms with Crippen LogP contribution < -0.4 is 5.32 Å². The number of carbonyl (C=O) groups is 1. The minimum atomic E-state index is -0.483. The van der Waals surface area contributed by atoms with E-state index in [1.165, 1.54) is 23.8 Å². The molecule has 1 amide bonds. The number of oxazole rings is 1. The molecule has 168 valence electrons. The fraction of sp³-hybridized carbons (Fsp3) is 0.200. The largest absolute Gasteiger partial charge is 0.436 e. The third kappa shape index (κ3) is 4.59. The number of amides is 1. The van der Waals surface area contributed by atoms with Crippen molar-refractivity contribution in [3.8, 4) is 11.5 Å². The average Bonchev–Trinajstić information content (AvgIpc) is 3.23. The van der Waals surface area contributed by atoms with Crippen LogP contribution >= 0.6 is 11.6 Å². The molecule has 0 spiro atoms. The molecule has 0 aliphatic carbocycles. The Labute approximate surface area is 195 Å². The molecule has 0 saturated carbocycles. The monoisotopic (exact) mass is 463 g/mol. The lowest BCUT2D eigenvalue weighted by atomic mass is 9.98. The van der Waals surface area contributed by atoms with Crippen molar-refractivity contribution in [3.63, 3.8) is 0 Å². The Hall–Kier alpha value is -3.71. The van der Waals surface area contributed by atoms with Gasteiger partial charge in [-0.2, -0.15) is 0 Å². The van der Waals surface area contributed by atoms with E-state index >= 15 is 0 Å². The number of benzene rings is 3. The standard InChI is InChI=1S/C25H22ClN3O4/c1-4-14(2)16-7-10-23-21(12-16)28-25(33-23)18-5-8-19(26)20(13-18)27-24(30)17-6-9-22(29(31)32)15(3)11-17/h5-14H,4H2,1-3H3,(H,27,30). The maximum atomic E-state index is 12.7. The molecular formula is C25H22ClN3O4. The molecule has 33 heavy (non-hydrogen) atoms. The van der Waals surface area contributed by atoms with Gasteiger partial charge in [-0.15, -0.1) is 0 Å². The highest BCUT2D eigenvalue weighted by molar-refractivity contribution is 6.34. The van der Waals surface area contributed by atoms with Gasteiger partial charge in [0.15, 0.2) is 5.58 Å². The second-order valence-electron chi connectivity index (χ2n) is 7.96. The molecule has 8 heteroatoms. The van der Waals surface area contributed by atoms with Gasteiger partial charge in [-0.3, -0.25) is 14.9 Å². The predicted molar refractivity (Wildman–Crippen MR) is 129 cm³/mol. The normalized spacial score (nSPS) is 12.0. The van der Waals surface area contributed by atoms with Crippen LogP contribution in [0, 0.1) is 17.0 Å². The zero-order valence-corrected chi connectivity index (χ0v) is 19.1. The van der Waals surface area contributed by atoms with Crippen LogP contribution in [0.4, 0.5) is 11.4 Å². The Balaban J connectivity index is 1.62. The lowest BCUT2D eigenvalue weighted by molar-refractivity contribution is -0.385. The molecule has 1 heterocycles. The summed E-state index contributed by atoms with van der Waals surface area (Å²) < 4.78 is 5.93. The number of fused-ring (bicyclic) bond motifs is 1. The zero-order valence-electron chi connectivity index (χ0n) is 18.4. The Kier molecular flexibility index (Phi) is 6.16. The van der Waals surface area contributed by atoms with Crippen molar-refractivity contribution in [1.82, 2.24) is 4.98 Å². The summed E-state index contributed by atoms with van der Waals surface area (Å²) in [6.45, 7) is 5.90. The molecule has 0 radical (unpaired) electrons. The molecule has 1 atom stereocenters. The SMILES string of the molecule is CCC(C)c1ccc2oc(-c3ccc(Cl)c(NC(=O)c4ccc([N+](=O)[O-])c(C)c4)c3)nc2c1. The van der Waals surface area contributed by atoms with E-state index in [1.54, 1.807) is 25.1 Å². The first-order chi connectivity index (χ1) is 15.8. The number of nitrogens with one attached hydrogen (secondary N) is 1. The summed E-state index contributed by atoms with van der Waals surface area (Å²) >= 11 is 6.31. The molecule has 0 aliphatic heterocycles. The first-order valence-electron chi connectivity index (χ1n) is 10.5. The van der Waals surface area contributed by atoms with Crippen LogP contribution in [0.3, 0.4) is 0 Å². The molecule has 7 nitrogen and oxygen atoms in total. The molecular weight excluding hydrogens is 442 g/mol. The molecule has 0 saturated heterocycles. The second kappa shape index (κ2) is 9.03. The second-order valence-corrected chi connectivity index (χ2v) is 8.37. The van der Waals surface area contributed by atoms with Crippen molar-refractivity contribution in [2.75, 3.05) is 5.32 Å². The number of aryl methyl sites for hydroxylation is 1. The maximum Gasteiger partial charge on any atom is 0.272 e. The molecule has 0 aliphatic rings. The number of rotatable bonds is 6. The Bertz CT molecular complexity index is 1380. The fourth-order valence-electron chi connectivity index (χ4n) is 3.56. The molecule has 1 aromatic heterocycles. The van der Waals surface area contributed by atoms with E-state index in [-0.39, 0.29) is 5.69 Å². The summed E-state index contributed by atoms with van der Waals surface area (Å²) in [6.07, 6.45) is 1.03. The molecule has 1 N–H and O–H groups in total. The van der Waals surface area contributed by atoms with Crippen LogP contribution in [-0.4, -0.2) is 15.8 Å². The van der Waals surface area contributed by atoms with E-state index in [1.807, 2.05) is 18.2 Å². The number of hydrogen-bond donors (Lipinski definition) is 1. The van der Waals surface area contributed by atoms with Gasteiger partial charge < -0.3 is 9.73 Å². The number of halogens is 1. The Morgan fingerprint density at radius 3 is 2.67 bits per heavy atom.